The molecule has 7 heteroatoms. The van der Waals surface area contributed by atoms with Crippen molar-refractivity contribution in [2.45, 2.75) is 39.2 Å². The van der Waals surface area contributed by atoms with Crippen LogP contribution in [-0.2, 0) is 4.79 Å². The Morgan fingerprint density at radius 2 is 1.96 bits per heavy atom. The van der Waals surface area contributed by atoms with Crippen LogP contribution in [0.3, 0.4) is 0 Å². The van der Waals surface area contributed by atoms with Crippen LogP contribution in [0, 0.1) is 5.82 Å². The van der Waals surface area contributed by atoms with E-state index in [1.54, 1.807) is 19.1 Å². The van der Waals surface area contributed by atoms with E-state index in [9.17, 15) is 19.1 Å². The zero-order valence-electron chi connectivity index (χ0n) is 14.7. The minimum absolute atomic E-state index is 0.100. The summed E-state index contributed by atoms with van der Waals surface area (Å²) in [6.45, 7) is 5.49. The fourth-order valence-electron chi connectivity index (χ4n) is 3.04. The van der Waals surface area contributed by atoms with Gasteiger partial charge in [-0.2, -0.15) is 0 Å². The molecule has 3 rings (SSSR count). The molecule has 0 saturated carbocycles. The number of benzene rings is 1. The van der Waals surface area contributed by atoms with Crippen molar-refractivity contribution in [3.8, 4) is 11.1 Å². The third kappa shape index (κ3) is 3.03. The van der Waals surface area contributed by atoms with Crippen molar-refractivity contribution in [1.29, 1.82) is 0 Å². The summed E-state index contributed by atoms with van der Waals surface area (Å²) < 4.78 is 14.5. The summed E-state index contributed by atoms with van der Waals surface area (Å²) in [4.78, 5) is 30.1. The molecule has 2 heterocycles. The maximum atomic E-state index is 13.3. The lowest BCUT2D eigenvalue weighted by Crippen LogP contribution is -2.33. The van der Waals surface area contributed by atoms with Crippen molar-refractivity contribution in [2.24, 2.45) is 0 Å². The largest absolute Gasteiger partial charge is 0.480 e. The number of fused-ring (bicyclic) bond motifs is 1. The SMILES string of the molecule is CCC(C(=O)O)n1c(C(C)C)nc2scc(-c3ccc(F)cc3)c2c1=O. The molecule has 5 nitrogen and oxygen atoms in total. The first-order valence-electron chi connectivity index (χ1n) is 8.37. The topological polar surface area (TPSA) is 72.2 Å². The number of hydrogen-bond acceptors (Lipinski definition) is 4. The molecule has 0 aliphatic carbocycles. The van der Waals surface area contributed by atoms with E-state index in [0.29, 0.717) is 27.2 Å². The fraction of sp³-hybridized carbons (Fsp3) is 0.316. The van der Waals surface area contributed by atoms with Crippen LogP contribution >= 0.6 is 11.3 Å². The Morgan fingerprint density at radius 3 is 2.50 bits per heavy atom. The molecule has 1 atom stereocenters. The average molecular weight is 374 g/mol. The Morgan fingerprint density at radius 1 is 1.31 bits per heavy atom. The van der Waals surface area contributed by atoms with Gasteiger partial charge in [-0.05, 0) is 24.1 Å². The predicted molar refractivity (Wildman–Crippen MR) is 100 cm³/mol. The van der Waals surface area contributed by atoms with E-state index in [4.69, 9.17) is 0 Å². The second-order valence-corrected chi connectivity index (χ2v) is 7.26. The molecule has 1 N–H and O–H groups in total. The van der Waals surface area contributed by atoms with Crippen LogP contribution in [0.15, 0.2) is 34.4 Å². The standard InChI is InChI=1S/C19H19FN2O3S/c1-4-14(19(24)25)22-16(10(2)3)21-17-15(18(22)23)13(9-26-17)11-5-7-12(20)8-6-11/h5-10,14H,4H2,1-3H3,(H,24,25). The van der Waals surface area contributed by atoms with E-state index in [1.807, 2.05) is 19.2 Å². The molecule has 1 aromatic carbocycles. The second-order valence-electron chi connectivity index (χ2n) is 6.40. The van der Waals surface area contributed by atoms with E-state index >= 15 is 0 Å². The first kappa shape index (κ1) is 18.3. The number of hydrogen-bond donors (Lipinski definition) is 1. The zero-order chi connectivity index (χ0) is 19.0. The molecule has 3 aromatic rings. The van der Waals surface area contributed by atoms with E-state index in [-0.39, 0.29) is 23.7 Å². The Bertz CT molecular complexity index is 1020. The van der Waals surface area contributed by atoms with Gasteiger partial charge in [-0.25, -0.2) is 14.2 Å². The molecule has 26 heavy (non-hydrogen) atoms. The maximum Gasteiger partial charge on any atom is 0.326 e. The molecular weight excluding hydrogens is 355 g/mol. The second kappa shape index (κ2) is 6.99. The third-order valence-electron chi connectivity index (χ3n) is 4.32. The summed E-state index contributed by atoms with van der Waals surface area (Å²) in [5.74, 6) is -1.06. The molecule has 0 saturated heterocycles. The molecule has 0 spiro atoms. The van der Waals surface area contributed by atoms with Gasteiger partial charge < -0.3 is 5.11 Å². The molecule has 0 bridgehead atoms. The van der Waals surface area contributed by atoms with Gasteiger partial charge in [0.05, 0.1) is 5.39 Å². The number of rotatable bonds is 5. The summed E-state index contributed by atoms with van der Waals surface area (Å²) in [6.07, 6.45) is 0.276. The molecular formula is C19H19FN2O3S. The van der Waals surface area contributed by atoms with Crippen molar-refractivity contribution in [1.82, 2.24) is 9.55 Å². The van der Waals surface area contributed by atoms with Gasteiger partial charge in [-0.1, -0.05) is 32.9 Å². The number of thiophene rings is 1. The van der Waals surface area contributed by atoms with Crippen LogP contribution in [0.4, 0.5) is 4.39 Å². The lowest BCUT2D eigenvalue weighted by Gasteiger charge is -2.20. The molecule has 2 aromatic heterocycles. The van der Waals surface area contributed by atoms with Crippen LogP contribution in [0.5, 0.6) is 0 Å². The van der Waals surface area contributed by atoms with Crippen molar-refractivity contribution in [3.63, 3.8) is 0 Å². The Hall–Kier alpha value is -2.54. The highest BCUT2D eigenvalue weighted by Gasteiger charge is 2.26. The predicted octanol–water partition coefficient (Wildman–Crippen LogP) is 4.42. The van der Waals surface area contributed by atoms with Gasteiger partial charge in [0, 0.05) is 16.9 Å². The maximum absolute atomic E-state index is 13.3. The quantitative estimate of drug-likeness (QED) is 0.717. The summed E-state index contributed by atoms with van der Waals surface area (Å²) in [7, 11) is 0. The smallest absolute Gasteiger partial charge is 0.326 e. The van der Waals surface area contributed by atoms with Crippen molar-refractivity contribution in [3.05, 3.63) is 51.6 Å². The van der Waals surface area contributed by atoms with E-state index in [1.165, 1.54) is 28.0 Å². The van der Waals surface area contributed by atoms with E-state index < -0.39 is 12.0 Å². The highest BCUT2D eigenvalue weighted by Crippen LogP contribution is 2.32. The van der Waals surface area contributed by atoms with Gasteiger partial charge in [-0.15, -0.1) is 11.3 Å². The average Bonchev–Trinajstić information content (AvgIpc) is 3.01. The first-order valence-corrected chi connectivity index (χ1v) is 9.25. The molecule has 0 aliphatic heterocycles. The van der Waals surface area contributed by atoms with Gasteiger partial charge >= 0.3 is 5.97 Å². The van der Waals surface area contributed by atoms with E-state index in [2.05, 4.69) is 4.98 Å². The van der Waals surface area contributed by atoms with Gasteiger partial charge in [-0.3, -0.25) is 9.36 Å². The minimum atomic E-state index is -1.06. The minimum Gasteiger partial charge on any atom is -0.480 e. The van der Waals surface area contributed by atoms with Crippen molar-refractivity contribution in [2.75, 3.05) is 0 Å². The number of halogens is 1. The van der Waals surface area contributed by atoms with Crippen LogP contribution in [0.1, 0.15) is 45.0 Å². The lowest BCUT2D eigenvalue weighted by molar-refractivity contribution is -0.141. The summed E-state index contributed by atoms with van der Waals surface area (Å²) in [5.41, 5.74) is 0.976. The molecule has 136 valence electrons. The van der Waals surface area contributed by atoms with Crippen molar-refractivity contribution >= 4 is 27.5 Å². The first-order chi connectivity index (χ1) is 12.3. The summed E-state index contributed by atoms with van der Waals surface area (Å²) in [5, 5.41) is 11.8. The van der Waals surface area contributed by atoms with Gasteiger partial charge in [0.15, 0.2) is 0 Å². The Balaban J connectivity index is 2.35. The highest BCUT2D eigenvalue weighted by molar-refractivity contribution is 7.17. The Labute approximate surface area is 153 Å². The van der Waals surface area contributed by atoms with Gasteiger partial charge in [0.1, 0.15) is 22.5 Å². The monoisotopic (exact) mass is 374 g/mol. The van der Waals surface area contributed by atoms with Crippen LogP contribution in [0.25, 0.3) is 21.3 Å². The number of aromatic nitrogens is 2. The number of carbonyl (C=O) groups is 1. The number of carboxylic acid groups (broad SMARTS) is 1. The number of carboxylic acids is 1. The fourth-order valence-corrected chi connectivity index (χ4v) is 3.98. The van der Waals surface area contributed by atoms with Gasteiger partial charge in [0.25, 0.3) is 5.56 Å². The highest BCUT2D eigenvalue weighted by atomic mass is 32.1. The lowest BCUT2D eigenvalue weighted by atomic mass is 10.1. The summed E-state index contributed by atoms with van der Waals surface area (Å²) >= 11 is 1.33. The van der Waals surface area contributed by atoms with Crippen LogP contribution in [-0.4, -0.2) is 20.6 Å². The molecule has 0 fully saturated rings. The summed E-state index contributed by atoms with van der Waals surface area (Å²) in [6, 6.07) is 4.90. The number of aliphatic carboxylic acids is 1. The Kier molecular flexibility index (Phi) is 4.91. The van der Waals surface area contributed by atoms with Crippen LogP contribution < -0.4 is 5.56 Å². The third-order valence-corrected chi connectivity index (χ3v) is 5.19. The molecule has 0 amide bonds. The zero-order valence-corrected chi connectivity index (χ0v) is 15.5. The van der Waals surface area contributed by atoms with Crippen molar-refractivity contribution < 1.29 is 14.3 Å². The van der Waals surface area contributed by atoms with Crippen LogP contribution in [0.2, 0.25) is 0 Å². The normalized spacial score (nSPS) is 12.7. The molecule has 0 aliphatic rings. The number of nitrogens with zero attached hydrogens (tertiary/aromatic N) is 2. The molecule has 1 unspecified atom stereocenters. The van der Waals surface area contributed by atoms with E-state index in [0.717, 1.165) is 0 Å². The molecule has 0 radical (unpaired) electrons. The van der Waals surface area contributed by atoms with Gasteiger partial charge in [0.2, 0.25) is 0 Å².